The van der Waals surface area contributed by atoms with Crippen LogP contribution >= 0.6 is 23.7 Å². The number of hydrogen-bond acceptors (Lipinski definition) is 7. The number of benzene rings is 1. The molecular weight excluding hydrogens is 404 g/mol. The summed E-state index contributed by atoms with van der Waals surface area (Å²) < 4.78 is 6.09. The van der Waals surface area contributed by atoms with Crippen LogP contribution in [0.4, 0.5) is 11.0 Å². The van der Waals surface area contributed by atoms with Gasteiger partial charge in [0, 0.05) is 13.1 Å². The van der Waals surface area contributed by atoms with Crippen LogP contribution in [-0.4, -0.2) is 47.9 Å². The number of amides is 1. The number of aromatic nitrogens is 1. The largest absolute Gasteiger partial charge is 0.433 e. The Morgan fingerprint density at radius 1 is 1.21 bits per heavy atom. The average molecular weight is 425 g/mol. The number of anilines is 1. The number of nitro groups is 1. The summed E-state index contributed by atoms with van der Waals surface area (Å²) in [7, 11) is 3.82. The molecule has 150 valence electrons. The number of carbonyl (C=O) groups excluding carboxylic acids is 1. The molecule has 8 nitrogen and oxygen atoms in total. The Labute approximate surface area is 172 Å². The number of rotatable bonds is 6. The fourth-order valence-corrected chi connectivity index (χ4v) is 3.64. The highest BCUT2D eigenvalue weighted by Crippen LogP contribution is 2.33. The van der Waals surface area contributed by atoms with Crippen LogP contribution in [0.2, 0.25) is 0 Å². The van der Waals surface area contributed by atoms with Gasteiger partial charge in [-0.05, 0) is 51.2 Å². The molecular formula is C18H21ClN4O4S. The number of furan rings is 1. The first-order chi connectivity index (χ1) is 12.8. The second kappa shape index (κ2) is 8.68. The summed E-state index contributed by atoms with van der Waals surface area (Å²) in [6.07, 6.45) is 0. The molecule has 0 N–H and O–H groups in total. The molecule has 0 bridgehead atoms. The molecule has 1 aromatic carbocycles. The molecule has 0 aliphatic heterocycles. The van der Waals surface area contributed by atoms with Crippen molar-refractivity contribution in [3.05, 3.63) is 51.3 Å². The normalized spacial score (nSPS) is 10.9. The van der Waals surface area contributed by atoms with Gasteiger partial charge in [0.1, 0.15) is 4.92 Å². The second-order valence-electron chi connectivity index (χ2n) is 6.51. The van der Waals surface area contributed by atoms with Gasteiger partial charge >= 0.3 is 5.88 Å². The van der Waals surface area contributed by atoms with Crippen LogP contribution in [0.25, 0.3) is 10.2 Å². The van der Waals surface area contributed by atoms with Crippen molar-refractivity contribution in [2.24, 2.45) is 0 Å². The third kappa shape index (κ3) is 4.32. The Morgan fingerprint density at radius 3 is 2.54 bits per heavy atom. The Hall–Kier alpha value is -2.49. The molecule has 0 atom stereocenters. The number of nitrogens with zero attached hydrogens (tertiary/aromatic N) is 4. The van der Waals surface area contributed by atoms with E-state index in [1.165, 1.54) is 28.4 Å². The topological polar surface area (TPSA) is 92.7 Å². The highest BCUT2D eigenvalue weighted by Gasteiger charge is 2.26. The predicted molar refractivity (Wildman–Crippen MR) is 112 cm³/mol. The zero-order valence-electron chi connectivity index (χ0n) is 16.0. The van der Waals surface area contributed by atoms with Gasteiger partial charge in [0.25, 0.3) is 5.91 Å². The molecule has 0 fully saturated rings. The molecule has 0 saturated heterocycles. The van der Waals surface area contributed by atoms with Gasteiger partial charge in [-0.2, -0.15) is 0 Å². The molecule has 0 spiro atoms. The van der Waals surface area contributed by atoms with Gasteiger partial charge in [0.2, 0.25) is 0 Å². The molecule has 0 aliphatic rings. The number of aryl methyl sites for hydroxylation is 2. The van der Waals surface area contributed by atoms with Gasteiger partial charge in [0.05, 0.1) is 16.3 Å². The van der Waals surface area contributed by atoms with Crippen molar-refractivity contribution in [3.63, 3.8) is 0 Å². The van der Waals surface area contributed by atoms with Gasteiger partial charge in [-0.3, -0.25) is 19.8 Å². The summed E-state index contributed by atoms with van der Waals surface area (Å²) in [5.74, 6) is -0.979. The number of fused-ring (bicyclic) bond motifs is 1. The molecule has 0 radical (unpaired) electrons. The lowest BCUT2D eigenvalue weighted by Crippen LogP contribution is -2.36. The van der Waals surface area contributed by atoms with Crippen LogP contribution in [0, 0.1) is 24.0 Å². The summed E-state index contributed by atoms with van der Waals surface area (Å²) in [5, 5.41) is 11.4. The van der Waals surface area contributed by atoms with Gasteiger partial charge in [-0.25, -0.2) is 4.98 Å². The van der Waals surface area contributed by atoms with Crippen molar-refractivity contribution >= 4 is 50.9 Å². The van der Waals surface area contributed by atoms with Crippen molar-refractivity contribution in [1.82, 2.24) is 9.88 Å². The third-order valence-electron chi connectivity index (χ3n) is 4.30. The first-order valence-corrected chi connectivity index (χ1v) is 9.17. The summed E-state index contributed by atoms with van der Waals surface area (Å²) in [4.78, 5) is 31.3. The Kier molecular flexibility index (Phi) is 6.76. The van der Waals surface area contributed by atoms with Crippen LogP contribution in [0.1, 0.15) is 21.7 Å². The monoisotopic (exact) mass is 424 g/mol. The van der Waals surface area contributed by atoms with E-state index >= 15 is 0 Å². The van der Waals surface area contributed by atoms with Crippen molar-refractivity contribution in [1.29, 1.82) is 0 Å². The zero-order chi connectivity index (χ0) is 19.7. The van der Waals surface area contributed by atoms with E-state index in [2.05, 4.69) is 4.98 Å². The van der Waals surface area contributed by atoms with E-state index in [1.54, 1.807) is 0 Å². The van der Waals surface area contributed by atoms with Gasteiger partial charge < -0.3 is 9.32 Å². The van der Waals surface area contributed by atoms with Gasteiger partial charge in [-0.1, -0.05) is 17.4 Å². The van der Waals surface area contributed by atoms with E-state index in [4.69, 9.17) is 4.42 Å². The number of hydrogen-bond donors (Lipinski definition) is 0. The first-order valence-electron chi connectivity index (χ1n) is 8.35. The molecule has 0 aliphatic carbocycles. The average Bonchev–Trinajstić information content (AvgIpc) is 3.25. The van der Waals surface area contributed by atoms with Crippen LogP contribution in [0.15, 0.2) is 28.7 Å². The maximum Gasteiger partial charge on any atom is 0.433 e. The molecule has 1 amide bonds. The lowest BCUT2D eigenvalue weighted by Gasteiger charge is -2.20. The number of thiazole rings is 1. The quantitative estimate of drug-likeness (QED) is 0.438. The Bertz CT molecular complexity index is 1010. The molecule has 3 aromatic rings. The summed E-state index contributed by atoms with van der Waals surface area (Å²) in [6, 6.07) is 6.53. The lowest BCUT2D eigenvalue weighted by molar-refractivity contribution is -0.402. The second-order valence-corrected chi connectivity index (χ2v) is 7.51. The highest BCUT2D eigenvalue weighted by molar-refractivity contribution is 7.22. The van der Waals surface area contributed by atoms with E-state index in [0.29, 0.717) is 18.2 Å². The zero-order valence-corrected chi connectivity index (χ0v) is 17.6. The van der Waals surface area contributed by atoms with Crippen molar-refractivity contribution < 1.29 is 14.1 Å². The van der Waals surface area contributed by atoms with Crippen LogP contribution in [-0.2, 0) is 0 Å². The fourth-order valence-electron chi connectivity index (χ4n) is 2.59. The van der Waals surface area contributed by atoms with Gasteiger partial charge in [-0.15, -0.1) is 12.4 Å². The third-order valence-corrected chi connectivity index (χ3v) is 5.35. The fraction of sp³-hybridized carbons (Fsp3) is 0.333. The van der Waals surface area contributed by atoms with E-state index in [9.17, 15) is 14.9 Å². The minimum absolute atomic E-state index is 0. The first kappa shape index (κ1) is 21.8. The molecule has 0 unspecified atom stereocenters. The number of halogens is 1. The molecule has 10 heteroatoms. The minimum atomic E-state index is -0.662. The molecule has 2 aromatic heterocycles. The van der Waals surface area contributed by atoms with Crippen molar-refractivity contribution in [2.45, 2.75) is 13.8 Å². The van der Waals surface area contributed by atoms with E-state index in [-0.39, 0.29) is 18.2 Å². The Morgan fingerprint density at radius 2 is 1.93 bits per heavy atom. The lowest BCUT2D eigenvalue weighted by atomic mass is 10.1. The molecule has 0 saturated carbocycles. The van der Waals surface area contributed by atoms with Crippen LogP contribution in [0.3, 0.4) is 0 Å². The predicted octanol–water partition coefficient (Wildman–Crippen LogP) is 4.04. The van der Waals surface area contributed by atoms with Crippen molar-refractivity contribution in [3.8, 4) is 0 Å². The minimum Gasteiger partial charge on any atom is -0.395 e. The summed E-state index contributed by atoms with van der Waals surface area (Å²) in [5.41, 5.74) is 3.07. The standard InChI is InChI=1S/C18H20N4O4S.ClH/c1-11-5-7-14-16(12(11)2)19-18(27-14)21(10-9-20(3)4)17(23)13-6-8-15(26-13)22(24)25;/h5-8H,9-10H2,1-4H3;1H. The maximum absolute atomic E-state index is 13.0. The smallest absolute Gasteiger partial charge is 0.395 e. The summed E-state index contributed by atoms with van der Waals surface area (Å²) >= 11 is 1.42. The number of carbonyl (C=O) groups is 1. The highest BCUT2D eigenvalue weighted by atomic mass is 35.5. The number of likely N-dealkylation sites (N-methyl/N-ethyl adjacent to an activating group) is 1. The van der Waals surface area contributed by atoms with E-state index in [0.717, 1.165) is 21.3 Å². The summed E-state index contributed by atoms with van der Waals surface area (Å²) in [6.45, 7) is 5.02. The molecule has 2 heterocycles. The van der Waals surface area contributed by atoms with E-state index in [1.807, 2.05) is 45.0 Å². The maximum atomic E-state index is 13.0. The molecule has 28 heavy (non-hydrogen) atoms. The van der Waals surface area contributed by atoms with E-state index < -0.39 is 16.7 Å². The molecule has 3 rings (SSSR count). The van der Waals surface area contributed by atoms with Crippen molar-refractivity contribution in [2.75, 3.05) is 32.1 Å². The SMILES string of the molecule is Cc1ccc2sc(N(CCN(C)C)C(=O)c3ccc([N+](=O)[O-])o3)nc2c1C.Cl. The van der Waals surface area contributed by atoms with Gasteiger partial charge in [0.15, 0.2) is 10.9 Å². The van der Waals surface area contributed by atoms with Crippen LogP contribution in [0.5, 0.6) is 0 Å². The Balaban J connectivity index is 0.00000280. The van der Waals surface area contributed by atoms with Crippen LogP contribution < -0.4 is 4.90 Å².